The zero-order chi connectivity index (χ0) is 27.8. The van der Waals surface area contributed by atoms with E-state index < -0.39 is 10.0 Å². The van der Waals surface area contributed by atoms with Gasteiger partial charge in [0.15, 0.2) is 10.8 Å². The highest BCUT2D eigenvalue weighted by Crippen LogP contribution is 2.39. The summed E-state index contributed by atoms with van der Waals surface area (Å²) in [6.45, 7) is 5.91. The van der Waals surface area contributed by atoms with E-state index in [9.17, 15) is 8.42 Å². The van der Waals surface area contributed by atoms with Gasteiger partial charge in [-0.25, -0.2) is 22.4 Å². The Bertz CT molecular complexity index is 1600. The summed E-state index contributed by atoms with van der Waals surface area (Å²) in [4.78, 5) is 15.0. The van der Waals surface area contributed by atoms with Gasteiger partial charge in [-0.15, -0.1) is 11.3 Å². The fourth-order valence-electron chi connectivity index (χ4n) is 6.76. The Kier molecular flexibility index (Phi) is 7.57. The molecule has 8 nitrogen and oxygen atoms in total. The van der Waals surface area contributed by atoms with Crippen LogP contribution in [-0.4, -0.2) is 72.7 Å². The maximum Gasteiger partial charge on any atom is 0.269 e. The van der Waals surface area contributed by atoms with Gasteiger partial charge in [-0.1, -0.05) is 18.2 Å². The molecular formula is C31H37N5O3S2. The molecule has 5 heterocycles. The number of nitrogens with zero attached hydrogens (tertiary/aromatic N) is 5. The lowest BCUT2D eigenvalue weighted by Gasteiger charge is -2.36. The van der Waals surface area contributed by atoms with E-state index in [0.717, 1.165) is 80.4 Å². The van der Waals surface area contributed by atoms with Crippen molar-refractivity contribution in [1.82, 2.24) is 18.8 Å². The molecule has 0 spiro atoms. The molecule has 41 heavy (non-hydrogen) atoms. The number of benzene rings is 1. The highest BCUT2D eigenvalue weighted by atomic mass is 32.2. The monoisotopic (exact) mass is 591 g/mol. The van der Waals surface area contributed by atoms with Crippen LogP contribution in [0.25, 0.3) is 22.3 Å². The van der Waals surface area contributed by atoms with E-state index >= 15 is 0 Å². The van der Waals surface area contributed by atoms with Crippen molar-refractivity contribution in [2.45, 2.75) is 61.8 Å². The Hall–Kier alpha value is -2.79. The van der Waals surface area contributed by atoms with Crippen LogP contribution in [-0.2, 0) is 14.8 Å². The third-order valence-electron chi connectivity index (χ3n) is 9.02. The first-order valence-corrected chi connectivity index (χ1v) is 17.2. The van der Waals surface area contributed by atoms with Crippen LogP contribution >= 0.6 is 11.3 Å². The average Bonchev–Trinajstić information content (AvgIpc) is 3.74. The molecule has 216 valence electrons. The third kappa shape index (κ3) is 5.31. The van der Waals surface area contributed by atoms with Gasteiger partial charge in [-0.3, -0.25) is 4.90 Å². The molecule has 1 saturated carbocycles. The molecule has 4 aromatic rings. The van der Waals surface area contributed by atoms with Crippen LogP contribution in [0.2, 0.25) is 0 Å². The molecule has 1 aromatic carbocycles. The molecule has 0 bridgehead atoms. The number of rotatable bonds is 6. The number of ether oxygens (including phenoxy) is 1. The molecule has 0 atom stereocenters. The number of pyridine rings is 1. The van der Waals surface area contributed by atoms with E-state index in [1.54, 1.807) is 41.8 Å². The van der Waals surface area contributed by atoms with Crippen LogP contribution in [0.1, 0.15) is 56.4 Å². The Balaban J connectivity index is 1.23. The van der Waals surface area contributed by atoms with Crippen LogP contribution in [0.15, 0.2) is 59.1 Å². The summed E-state index contributed by atoms with van der Waals surface area (Å²) in [5.74, 6) is 0.420. The highest BCUT2D eigenvalue weighted by Gasteiger charge is 2.29. The van der Waals surface area contributed by atoms with Gasteiger partial charge in [0.2, 0.25) is 0 Å². The lowest BCUT2D eigenvalue weighted by molar-refractivity contribution is 0.118. The summed E-state index contributed by atoms with van der Waals surface area (Å²) < 4.78 is 34.6. The second-order valence-electron chi connectivity index (χ2n) is 11.5. The largest absolute Gasteiger partial charge is 0.380 e. The lowest BCUT2D eigenvalue weighted by Crippen LogP contribution is -2.39. The Labute approximate surface area is 246 Å². The van der Waals surface area contributed by atoms with E-state index in [1.165, 1.54) is 35.2 Å². The molecule has 7 rings (SSSR count). The van der Waals surface area contributed by atoms with Crippen molar-refractivity contribution in [3.05, 3.63) is 59.7 Å². The van der Waals surface area contributed by atoms with Gasteiger partial charge < -0.3 is 9.64 Å². The third-order valence-corrected chi connectivity index (χ3v) is 11.6. The molecule has 2 aliphatic heterocycles. The standard InChI is InChI=1S/C31H37N5O3S2/c37-41(38,26-7-2-1-3-8-26)36-21-28(29-22-40-31(33-29)35-13-4-5-14-35)27-19-24(20-32-30(27)36)23-9-11-25(12-10-23)34-15-6-17-39-18-16-34/h1-3,7-8,19-23,25H,4-6,9-18H2/t23-,25-. The number of fused-ring (bicyclic) bond motifs is 1. The maximum atomic E-state index is 13.8. The molecule has 0 N–H and O–H groups in total. The highest BCUT2D eigenvalue weighted by molar-refractivity contribution is 7.90. The van der Waals surface area contributed by atoms with Crippen LogP contribution in [0.5, 0.6) is 0 Å². The van der Waals surface area contributed by atoms with Crippen LogP contribution in [0.4, 0.5) is 5.13 Å². The predicted molar refractivity (Wildman–Crippen MR) is 163 cm³/mol. The predicted octanol–water partition coefficient (Wildman–Crippen LogP) is 5.75. The van der Waals surface area contributed by atoms with E-state index in [2.05, 4.69) is 21.2 Å². The molecule has 3 fully saturated rings. The van der Waals surface area contributed by atoms with Gasteiger partial charge in [0, 0.05) is 67.6 Å². The fourth-order valence-corrected chi connectivity index (χ4v) is 8.98. The van der Waals surface area contributed by atoms with Gasteiger partial charge in [0.05, 0.1) is 17.2 Å². The zero-order valence-corrected chi connectivity index (χ0v) is 25.0. The van der Waals surface area contributed by atoms with Crippen molar-refractivity contribution in [2.24, 2.45) is 0 Å². The summed E-state index contributed by atoms with van der Waals surface area (Å²) in [5.41, 5.74) is 3.30. The number of anilines is 1. The quantitative estimate of drug-likeness (QED) is 0.283. The molecule has 0 amide bonds. The van der Waals surface area contributed by atoms with Crippen molar-refractivity contribution in [2.75, 3.05) is 44.3 Å². The lowest BCUT2D eigenvalue weighted by atomic mass is 9.81. The molecule has 2 saturated heterocycles. The Morgan fingerprint density at radius 1 is 0.927 bits per heavy atom. The van der Waals surface area contributed by atoms with Crippen LogP contribution < -0.4 is 4.90 Å². The Morgan fingerprint density at radius 2 is 1.73 bits per heavy atom. The van der Waals surface area contributed by atoms with E-state index in [1.807, 2.05) is 12.3 Å². The summed E-state index contributed by atoms with van der Waals surface area (Å²) >= 11 is 1.63. The molecular weight excluding hydrogens is 555 g/mol. The molecule has 3 aromatic heterocycles. The van der Waals surface area contributed by atoms with Gasteiger partial charge in [0.1, 0.15) is 0 Å². The SMILES string of the molecule is O=S(=O)(c1ccccc1)n1cc(-c2csc(N3CCCC3)n2)c2cc([C@H]3CC[C@H](N4CCCOCC4)CC3)cnc21. The van der Waals surface area contributed by atoms with Gasteiger partial charge in [-0.2, -0.15) is 0 Å². The topological polar surface area (TPSA) is 80.6 Å². The summed E-state index contributed by atoms with van der Waals surface area (Å²) in [5, 5.41) is 3.92. The molecule has 0 radical (unpaired) electrons. The first kappa shape index (κ1) is 27.1. The number of aromatic nitrogens is 3. The second-order valence-corrected chi connectivity index (χ2v) is 14.2. The first-order valence-electron chi connectivity index (χ1n) is 14.9. The number of hydrogen-bond acceptors (Lipinski definition) is 8. The second kappa shape index (κ2) is 11.5. The molecule has 10 heteroatoms. The van der Waals surface area contributed by atoms with E-state index in [4.69, 9.17) is 14.7 Å². The van der Waals surface area contributed by atoms with Crippen molar-refractivity contribution < 1.29 is 13.2 Å². The van der Waals surface area contributed by atoms with Crippen molar-refractivity contribution in [3.8, 4) is 11.3 Å². The number of thiazole rings is 1. The van der Waals surface area contributed by atoms with Gasteiger partial charge >= 0.3 is 0 Å². The Morgan fingerprint density at radius 3 is 2.54 bits per heavy atom. The van der Waals surface area contributed by atoms with Crippen LogP contribution in [0, 0.1) is 0 Å². The normalized spacial score (nSPS) is 22.8. The molecule has 3 aliphatic rings. The van der Waals surface area contributed by atoms with E-state index in [-0.39, 0.29) is 4.90 Å². The minimum absolute atomic E-state index is 0.252. The molecule has 0 unspecified atom stereocenters. The van der Waals surface area contributed by atoms with Crippen molar-refractivity contribution >= 4 is 37.5 Å². The average molecular weight is 592 g/mol. The molecule has 1 aliphatic carbocycles. The van der Waals surface area contributed by atoms with Crippen molar-refractivity contribution in [3.63, 3.8) is 0 Å². The summed E-state index contributed by atoms with van der Waals surface area (Å²) in [6, 6.07) is 11.4. The summed E-state index contributed by atoms with van der Waals surface area (Å²) in [6.07, 6.45) is 11.7. The van der Waals surface area contributed by atoms with Gasteiger partial charge in [-0.05, 0) is 74.6 Å². The maximum absolute atomic E-state index is 13.8. The van der Waals surface area contributed by atoms with Crippen LogP contribution in [0.3, 0.4) is 0 Å². The minimum Gasteiger partial charge on any atom is -0.380 e. The minimum atomic E-state index is -3.82. The van der Waals surface area contributed by atoms with Crippen molar-refractivity contribution in [1.29, 1.82) is 0 Å². The van der Waals surface area contributed by atoms with Gasteiger partial charge in [0.25, 0.3) is 10.0 Å². The fraction of sp³-hybridized carbons (Fsp3) is 0.484. The summed E-state index contributed by atoms with van der Waals surface area (Å²) in [7, 11) is -3.82. The zero-order valence-electron chi connectivity index (χ0n) is 23.3. The van der Waals surface area contributed by atoms with E-state index in [0.29, 0.717) is 17.6 Å². The number of hydrogen-bond donors (Lipinski definition) is 0. The first-order chi connectivity index (χ1) is 20.1. The smallest absolute Gasteiger partial charge is 0.269 e.